The fourth-order valence-electron chi connectivity index (χ4n) is 3.04. The van der Waals surface area contributed by atoms with Crippen LogP contribution in [-0.2, 0) is 4.79 Å². The van der Waals surface area contributed by atoms with E-state index >= 15 is 0 Å². The Hall–Kier alpha value is -2.74. The number of likely N-dealkylation sites (N-methyl/N-ethyl adjacent to an activating group) is 1. The Kier molecular flexibility index (Phi) is 5.55. The number of aromatic nitrogens is 1. The quantitative estimate of drug-likeness (QED) is 0.825. The van der Waals surface area contributed by atoms with E-state index in [2.05, 4.69) is 15.2 Å². The minimum Gasteiger partial charge on any atom is -0.384 e. The molecule has 3 rings (SSSR count). The number of urea groups is 1. The Morgan fingerprint density at radius 1 is 1.22 bits per heavy atom. The van der Waals surface area contributed by atoms with Crippen LogP contribution in [0.5, 0.6) is 0 Å². The number of benzene rings is 1. The third-order valence-corrected chi connectivity index (χ3v) is 4.80. The normalized spacial score (nSPS) is 14.3. The second kappa shape index (κ2) is 7.87. The Morgan fingerprint density at radius 2 is 1.93 bits per heavy atom. The molecule has 1 aliphatic rings. The van der Waals surface area contributed by atoms with E-state index in [1.165, 1.54) is 4.90 Å². The lowest BCUT2D eigenvalue weighted by molar-refractivity contribution is -0.127. The van der Waals surface area contributed by atoms with Gasteiger partial charge in [-0.2, -0.15) is 0 Å². The fraction of sp³-hybridized carbons (Fsp3) is 0.389. The van der Waals surface area contributed by atoms with Crippen LogP contribution in [0.3, 0.4) is 0 Å². The van der Waals surface area contributed by atoms with Crippen molar-refractivity contribution in [1.29, 1.82) is 0 Å². The Morgan fingerprint density at radius 3 is 2.59 bits per heavy atom. The molecule has 0 radical (unpaired) electrons. The maximum Gasteiger partial charge on any atom is 0.317 e. The van der Waals surface area contributed by atoms with Gasteiger partial charge in [-0.25, -0.2) is 9.78 Å². The van der Waals surface area contributed by atoms with Gasteiger partial charge in [-0.05, 0) is 18.2 Å². The van der Waals surface area contributed by atoms with E-state index in [1.807, 2.05) is 18.2 Å². The second-order valence-electron chi connectivity index (χ2n) is 6.65. The van der Waals surface area contributed by atoms with Gasteiger partial charge in [0.2, 0.25) is 5.91 Å². The monoisotopic (exact) mass is 390 g/mol. The Bertz CT molecular complexity index is 859. The molecule has 0 saturated carbocycles. The first kappa shape index (κ1) is 19.0. The third-order valence-electron chi connectivity index (χ3n) is 4.57. The van der Waals surface area contributed by atoms with Crippen molar-refractivity contribution in [3.05, 3.63) is 29.3 Å². The molecule has 3 N–H and O–H groups in total. The predicted molar refractivity (Wildman–Crippen MR) is 107 cm³/mol. The molecule has 1 fully saturated rings. The minimum atomic E-state index is -0.226. The third kappa shape index (κ3) is 4.33. The van der Waals surface area contributed by atoms with Crippen LogP contribution in [0.15, 0.2) is 24.3 Å². The number of carbonyl (C=O) groups excluding carboxylic acids is 2. The number of pyridine rings is 1. The van der Waals surface area contributed by atoms with Crippen LogP contribution >= 0.6 is 11.6 Å². The molecular formula is C18H23ClN6O2. The molecule has 0 aliphatic carbocycles. The number of carbonyl (C=O) groups is 2. The van der Waals surface area contributed by atoms with Gasteiger partial charge >= 0.3 is 6.03 Å². The number of hydrogen-bond acceptors (Lipinski definition) is 5. The molecule has 9 heteroatoms. The van der Waals surface area contributed by atoms with E-state index in [4.69, 9.17) is 17.3 Å². The molecule has 1 aromatic heterocycles. The van der Waals surface area contributed by atoms with Crippen LogP contribution in [0.1, 0.15) is 0 Å². The van der Waals surface area contributed by atoms with E-state index in [0.29, 0.717) is 37.0 Å². The van der Waals surface area contributed by atoms with Gasteiger partial charge in [0.15, 0.2) is 0 Å². The Balaban J connectivity index is 1.67. The van der Waals surface area contributed by atoms with Crippen LogP contribution in [0.4, 0.5) is 16.3 Å². The van der Waals surface area contributed by atoms with Crippen molar-refractivity contribution in [2.75, 3.05) is 57.5 Å². The van der Waals surface area contributed by atoms with Crippen LogP contribution in [-0.4, -0.2) is 73.5 Å². The van der Waals surface area contributed by atoms with Crippen molar-refractivity contribution in [2.45, 2.75) is 0 Å². The summed E-state index contributed by atoms with van der Waals surface area (Å²) in [7, 11) is 3.32. The van der Waals surface area contributed by atoms with E-state index in [1.54, 1.807) is 25.1 Å². The van der Waals surface area contributed by atoms with Crippen molar-refractivity contribution in [3.8, 4) is 0 Å². The van der Waals surface area contributed by atoms with Gasteiger partial charge in [-0.1, -0.05) is 11.6 Å². The van der Waals surface area contributed by atoms with Crippen molar-refractivity contribution >= 4 is 45.9 Å². The topological polar surface area (TPSA) is 94.8 Å². The standard InChI is InChI=1S/C18H23ClN6O2/c1-23(2)17(26)11-21-18(27)25-7-5-24(6-8-25)15-10-16(20)22-14-9-12(19)3-4-13(14)15/h3-4,9-10H,5-8,11H2,1-2H3,(H2,20,22)(H,21,27). The molecule has 0 spiro atoms. The Labute approximate surface area is 162 Å². The highest BCUT2D eigenvalue weighted by molar-refractivity contribution is 6.31. The summed E-state index contributed by atoms with van der Waals surface area (Å²) in [5.74, 6) is 0.293. The summed E-state index contributed by atoms with van der Waals surface area (Å²) in [6.07, 6.45) is 0. The molecule has 0 atom stereocenters. The number of nitrogens with two attached hydrogens (primary N) is 1. The van der Waals surface area contributed by atoms with Crippen LogP contribution in [0.25, 0.3) is 10.9 Å². The zero-order chi connectivity index (χ0) is 19.6. The molecule has 3 amide bonds. The average Bonchev–Trinajstić information content (AvgIpc) is 2.64. The first-order valence-corrected chi connectivity index (χ1v) is 9.06. The summed E-state index contributed by atoms with van der Waals surface area (Å²) >= 11 is 6.06. The largest absolute Gasteiger partial charge is 0.384 e. The number of halogens is 1. The number of anilines is 2. The van der Waals surface area contributed by atoms with Crippen molar-refractivity contribution in [3.63, 3.8) is 0 Å². The number of fused-ring (bicyclic) bond motifs is 1. The number of nitrogens with zero attached hydrogens (tertiary/aromatic N) is 4. The van der Waals surface area contributed by atoms with Gasteiger partial charge in [0.1, 0.15) is 5.82 Å². The predicted octanol–water partition coefficient (Wildman–Crippen LogP) is 1.39. The highest BCUT2D eigenvalue weighted by Crippen LogP contribution is 2.30. The van der Waals surface area contributed by atoms with Crippen LogP contribution in [0, 0.1) is 0 Å². The first-order valence-electron chi connectivity index (χ1n) is 8.69. The highest BCUT2D eigenvalue weighted by Gasteiger charge is 2.23. The van der Waals surface area contributed by atoms with Gasteiger partial charge in [-0.3, -0.25) is 4.79 Å². The molecule has 1 aliphatic heterocycles. The summed E-state index contributed by atoms with van der Waals surface area (Å²) < 4.78 is 0. The lowest BCUT2D eigenvalue weighted by Gasteiger charge is -2.36. The summed E-state index contributed by atoms with van der Waals surface area (Å²) in [4.78, 5) is 33.5. The molecule has 1 aromatic carbocycles. The maximum absolute atomic E-state index is 12.3. The molecule has 27 heavy (non-hydrogen) atoms. The van der Waals surface area contributed by atoms with Crippen molar-refractivity contribution in [2.24, 2.45) is 0 Å². The van der Waals surface area contributed by atoms with Gasteiger partial charge in [0.05, 0.1) is 12.1 Å². The van der Waals surface area contributed by atoms with Gasteiger partial charge in [0.25, 0.3) is 0 Å². The first-order chi connectivity index (χ1) is 12.8. The van der Waals surface area contributed by atoms with Gasteiger partial charge in [0, 0.05) is 62.4 Å². The number of nitrogen functional groups attached to an aromatic ring is 1. The zero-order valence-corrected chi connectivity index (χ0v) is 16.2. The lowest BCUT2D eigenvalue weighted by Crippen LogP contribution is -2.53. The van der Waals surface area contributed by atoms with Gasteiger partial charge < -0.3 is 25.8 Å². The number of hydrogen-bond donors (Lipinski definition) is 2. The molecular weight excluding hydrogens is 368 g/mol. The number of rotatable bonds is 3. The smallest absolute Gasteiger partial charge is 0.317 e. The van der Waals surface area contributed by atoms with E-state index in [0.717, 1.165) is 16.6 Å². The second-order valence-corrected chi connectivity index (χ2v) is 7.09. The van der Waals surface area contributed by atoms with E-state index < -0.39 is 0 Å². The molecule has 1 saturated heterocycles. The minimum absolute atomic E-state index is 0.00165. The summed E-state index contributed by atoms with van der Waals surface area (Å²) in [6, 6.07) is 7.18. The molecule has 0 unspecified atom stereocenters. The SMILES string of the molecule is CN(C)C(=O)CNC(=O)N1CCN(c2cc(N)nc3cc(Cl)ccc23)CC1. The van der Waals surface area contributed by atoms with Crippen molar-refractivity contribution in [1.82, 2.24) is 20.1 Å². The van der Waals surface area contributed by atoms with E-state index in [-0.39, 0.29) is 18.5 Å². The molecule has 2 aromatic rings. The number of nitrogens with one attached hydrogen (secondary N) is 1. The fourth-order valence-corrected chi connectivity index (χ4v) is 3.20. The molecule has 8 nitrogen and oxygen atoms in total. The van der Waals surface area contributed by atoms with Gasteiger partial charge in [-0.15, -0.1) is 0 Å². The van der Waals surface area contributed by atoms with Crippen LogP contribution < -0.4 is 16.0 Å². The zero-order valence-electron chi connectivity index (χ0n) is 15.4. The summed E-state index contributed by atoms with van der Waals surface area (Å²) in [5.41, 5.74) is 7.69. The molecule has 144 valence electrons. The molecule has 2 heterocycles. The summed E-state index contributed by atoms with van der Waals surface area (Å²) in [6.45, 7) is 2.43. The number of amides is 3. The summed E-state index contributed by atoms with van der Waals surface area (Å²) in [5, 5.41) is 4.25. The maximum atomic E-state index is 12.3. The van der Waals surface area contributed by atoms with Crippen LogP contribution in [0.2, 0.25) is 5.02 Å². The lowest BCUT2D eigenvalue weighted by atomic mass is 10.1. The highest BCUT2D eigenvalue weighted by atomic mass is 35.5. The van der Waals surface area contributed by atoms with E-state index in [9.17, 15) is 9.59 Å². The average molecular weight is 391 g/mol. The molecule has 0 bridgehead atoms. The van der Waals surface area contributed by atoms with Crippen molar-refractivity contribution < 1.29 is 9.59 Å². The number of piperazine rings is 1.